The Morgan fingerprint density at radius 2 is 2.33 bits per heavy atom. The van der Waals surface area contributed by atoms with Crippen LogP contribution in [-0.2, 0) is 4.74 Å². The molecule has 0 N–H and O–H groups in total. The number of amides is 1. The molecule has 1 aromatic rings. The Hall–Kier alpha value is -1.36. The molecule has 2 heterocycles. The van der Waals surface area contributed by atoms with Gasteiger partial charge in [-0.15, -0.1) is 0 Å². The van der Waals surface area contributed by atoms with Gasteiger partial charge >= 0.3 is 0 Å². The lowest BCUT2D eigenvalue weighted by atomic mass is 10.00. The summed E-state index contributed by atoms with van der Waals surface area (Å²) in [5, 5.41) is 3.94. The van der Waals surface area contributed by atoms with E-state index in [1.807, 2.05) is 18.7 Å². The van der Waals surface area contributed by atoms with Crippen LogP contribution in [0.3, 0.4) is 0 Å². The van der Waals surface area contributed by atoms with Crippen LogP contribution in [0.15, 0.2) is 10.6 Å². The number of hydrogen-bond acceptors (Lipinski definition) is 4. The van der Waals surface area contributed by atoms with E-state index in [1.54, 1.807) is 13.2 Å². The van der Waals surface area contributed by atoms with E-state index >= 15 is 0 Å². The van der Waals surface area contributed by atoms with Crippen molar-refractivity contribution in [3.63, 3.8) is 0 Å². The van der Waals surface area contributed by atoms with Crippen molar-refractivity contribution in [3.8, 4) is 0 Å². The monoisotopic (exact) mass is 294 g/mol. The first-order valence-electron chi connectivity index (χ1n) is 7.86. The molecule has 1 atom stereocenters. The molecule has 1 unspecified atom stereocenters. The molecular weight excluding hydrogens is 268 g/mol. The highest BCUT2D eigenvalue weighted by Crippen LogP contribution is 2.22. The predicted molar refractivity (Wildman–Crippen MR) is 80.3 cm³/mol. The third-order valence-corrected chi connectivity index (χ3v) is 4.10. The maximum atomic E-state index is 12.6. The second-order valence-electron chi connectivity index (χ2n) is 6.16. The van der Waals surface area contributed by atoms with Gasteiger partial charge in [0.2, 0.25) is 0 Å². The summed E-state index contributed by atoms with van der Waals surface area (Å²) in [5.74, 6) is 1.53. The molecule has 5 nitrogen and oxygen atoms in total. The number of ether oxygens (including phenoxy) is 1. The number of likely N-dealkylation sites (tertiary alicyclic amines) is 1. The highest BCUT2D eigenvalue weighted by molar-refractivity contribution is 5.92. The molecule has 5 heteroatoms. The van der Waals surface area contributed by atoms with E-state index in [1.165, 1.54) is 12.8 Å². The Morgan fingerprint density at radius 3 is 3.00 bits per heavy atom. The average Bonchev–Trinajstić information content (AvgIpc) is 2.85. The van der Waals surface area contributed by atoms with Crippen molar-refractivity contribution < 1.29 is 14.1 Å². The standard InChI is InChI=1S/C16H26N2O3/c1-12(2)15-10-14(17-21-15)16(19)18-8-5-4-6-13(11-18)7-9-20-3/h10,12-13H,4-9,11H2,1-3H3. The summed E-state index contributed by atoms with van der Waals surface area (Å²) in [5.41, 5.74) is 0.436. The summed E-state index contributed by atoms with van der Waals surface area (Å²) in [4.78, 5) is 14.5. The lowest BCUT2D eigenvalue weighted by Gasteiger charge is -2.23. The molecule has 21 heavy (non-hydrogen) atoms. The van der Waals surface area contributed by atoms with E-state index in [9.17, 15) is 4.79 Å². The molecule has 1 saturated heterocycles. The van der Waals surface area contributed by atoms with Crippen molar-refractivity contribution in [3.05, 3.63) is 17.5 Å². The van der Waals surface area contributed by atoms with Gasteiger partial charge in [-0.2, -0.15) is 0 Å². The van der Waals surface area contributed by atoms with Crippen molar-refractivity contribution in [2.45, 2.75) is 45.4 Å². The summed E-state index contributed by atoms with van der Waals surface area (Å²) in [6, 6.07) is 1.78. The third-order valence-electron chi connectivity index (χ3n) is 4.10. The van der Waals surface area contributed by atoms with E-state index in [4.69, 9.17) is 9.26 Å². The number of hydrogen-bond donors (Lipinski definition) is 0. The molecule has 1 aromatic heterocycles. The Morgan fingerprint density at radius 1 is 1.52 bits per heavy atom. The van der Waals surface area contributed by atoms with Gasteiger partial charge in [0, 0.05) is 38.8 Å². The van der Waals surface area contributed by atoms with Crippen LogP contribution in [-0.4, -0.2) is 42.8 Å². The van der Waals surface area contributed by atoms with E-state index in [2.05, 4.69) is 5.16 Å². The molecule has 0 spiro atoms. The van der Waals surface area contributed by atoms with Crippen LogP contribution in [0.5, 0.6) is 0 Å². The maximum Gasteiger partial charge on any atom is 0.276 e. The van der Waals surface area contributed by atoms with Crippen LogP contribution in [0.4, 0.5) is 0 Å². The van der Waals surface area contributed by atoms with E-state index in [-0.39, 0.29) is 11.8 Å². The van der Waals surface area contributed by atoms with Crippen LogP contribution in [0.2, 0.25) is 0 Å². The number of rotatable bonds is 5. The molecule has 0 radical (unpaired) electrons. The van der Waals surface area contributed by atoms with Crippen LogP contribution < -0.4 is 0 Å². The lowest BCUT2D eigenvalue weighted by molar-refractivity contribution is 0.0717. The molecule has 1 aliphatic rings. The maximum absolute atomic E-state index is 12.6. The van der Waals surface area contributed by atoms with Gasteiger partial charge in [-0.3, -0.25) is 4.79 Å². The van der Waals surface area contributed by atoms with Crippen molar-refractivity contribution in [1.82, 2.24) is 10.1 Å². The fraction of sp³-hybridized carbons (Fsp3) is 0.750. The first kappa shape index (κ1) is 16.0. The number of nitrogens with zero attached hydrogens (tertiary/aromatic N) is 2. The minimum atomic E-state index is -0.00466. The first-order valence-corrected chi connectivity index (χ1v) is 7.86. The van der Waals surface area contributed by atoms with Crippen molar-refractivity contribution >= 4 is 5.91 Å². The number of carbonyl (C=O) groups is 1. The predicted octanol–water partition coefficient (Wildman–Crippen LogP) is 3.08. The molecule has 118 valence electrons. The van der Waals surface area contributed by atoms with Crippen LogP contribution in [0.25, 0.3) is 0 Å². The number of carbonyl (C=O) groups excluding carboxylic acids is 1. The van der Waals surface area contributed by atoms with E-state index in [0.29, 0.717) is 11.6 Å². The largest absolute Gasteiger partial charge is 0.385 e. The Kier molecular flexibility index (Phi) is 5.79. The quantitative estimate of drug-likeness (QED) is 0.837. The molecule has 0 aliphatic carbocycles. The van der Waals surface area contributed by atoms with Gasteiger partial charge in [0.1, 0.15) is 5.76 Å². The third kappa shape index (κ3) is 4.30. The van der Waals surface area contributed by atoms with Gasteiger partial charge in [0.15, 0.2) is 5.69 Å². The summed E-state index contributed by atoms with van der Waals surface area (Å²) < 4.78 is 10.4. The van der Waals surface area contributed by atoms with Crippen molar-refractivity contribution in [2.24, 2.45) is 5.92 Å². The zero-order chi connectivity index (χ0) is 15.2. The van der Waals surface area contributed by atoms with Gasteiger partial charge in [-0.25, -0.2) is 0 Å². The van der Waals surface area contributed by atoms with Gasteiger partial charge in [0.25, 0.3) is 5.91 Å². The van der Waals surface area contributed by atoms with Crippen LogP contribution >= 0.6 is 0 Å². The van der Waals surface area contributed by atoms with Gasteiger partial charge in [-0.05, 0) is 25.2 Å². The minimum absolute atomic E-state index is 0.00466. The Labute approximate surface area is 126 Å². The molecule has 0 bridgehead atoms. The number of aromatic nitrogens is 1. The van der Waals surface area contributed by atoms with Gasteiger partial charge < -0.3 is 14.2 Å². The summed E-state index contributed by atoms with van der Waals surface area (Å²) in [6.07, 6.45) is 4.41. The molecule has 0 aromatic carbocycles. The van der Waals surface area contributed by atoms with Crippen LogP contribution in [0, 0.1) is 5.92 Å². The fourth-order valence-corrected chi connectivity index (χ4v) is 2.76. The number of methoxy groups -OCH3 is 1. The Bertz CT molecular complexity index is 456. The van der Waals surface area contributed by atoms with E-state index < -0.39 is 0 Å². The average molecular weight is 294 g/mol. The highest BCUT2D eigenvalue weighted by atomic mass is 16.5. The van der Waals surface area contributed by atoms with Crippen molar-refractivity contribution in [2.75, 3.05) is 26.8 Å². The lowest BCUT2D eigenvalue weighted by Crippen LogP contribution is -2.35. The van der Waals surface area contributed by atoms with Gasteiger partial charge in [0.05, 0.1) is 0 Å². The normalized spacial score (nSPS) is 19.8. The highest BCUT2D eigenvalue weighted by Gasteiger charge is 2.25. The second-order valence-corrected chi connectivity index (χ2v) is 6.16. The molecule has 1 fully saturated rings. The van der Waals surface area contributed by atoms with Gasteiger partial charge in [-0.1, -0.05) is 25.4 Å². The van der Waals surface area contributed by atoms with E-state index in [0.717, 1.165) is 38.3 Å². The molecule has 0 saturated carbocycles. The zero-order valence-corrected chi connectivity index (χ0v) is 13.3. The Balaban J connectivity index is 2.01. The first-order chi connectivity index (χ1) is 10.1. The summed E-state index contributed by atoms with van der Waals surface area (Å²) >= 11 is 0. The molecule has 1 amide bonds. The molecular formula is C16H26N2O3. The minimum Gasteiger partial charge on any atom is -0.385 e. The second kappa shape index (κ2) is 7.59. The topological polar surface area (TPSA) is 55.6 Å². The molecule has 1 aliphatic heterocycles. The smallest absolute Gasteiger partial charge is 0.276 e. The SMILES string of the molecule is COCCC1CCCCN(C(=O)c2cc(C(C)C)on2)C1. The summed E-state index contributed by atoms with van der Waals surface area (Å²) in [7, 11) is 1.72. The van der Waals surface area contributed by atoms with Crippen LogP contribution in [0.1, 0.15) is 61.7 Å². The summed E-state index contributed by atoms with van der Waals surface area (Å²) in [6.45, 7) is 6.43. The zero-order valence-electron chi connectivity index (χ0n) is 13.3. The molecule has 2 rings (SSSR count). The fourth-order valence-electron chi connectivity index (χ4n) is 2.76. The van der Waals surface area contributed by atoms with Crippen molar-refractivity contribution in [1.29, 1.82) is 0 Å².